The predicted molar refractivity (Wildman–Crippen MR) is 87.9 cm³/mol. The molecule has 22 heavy (non-hydrogen) atoms. The monoisotopic (exact) mass is 324 g/mol. The van der Waals surface area contributed by atoms with E-state index >= 15 is 0 Å². The maximum Gasteiger partial charge on any atom is 0.128 e. The van der Waals surface area contributed by atoms with Crippen molar-refractivity contribution in [3.63, 3.8) is 0 Å². The zero-order valence-electron chi connectivity index (χ0n) is 12.7. The fraction of sp³-hybridized carbons (Fsp3) is 0.412. The lowest BCUT2D eigenvalue weighted by Crippen LogP contribution is -2.48. The van der Waals surface area contributed by atoms with Crippen molar-refractivity contribution in [2.75, 3.05) is 20.1 Å². The van der Waals surface area contributed by atoms with Gasteiger partial charge in [-0.05, 0) is 38.1 Å². The van der Waals surface area contributed by atoms with Gasteiger partial charge in [0.1, 0.15) is 5.82 Å². The molecule has 3 rings (SSSR count). The number of likely N-dealkylation sites (tertiary alicyclic amines) is 1. The van der Waals surface area contributed by atoms with E-state index in [1.165, 1.54) is 6.07 Å². The third kappa shape index (κ3) is 3.19. The lowest BCUT2D eigenvalue weighted by Gasteiger charge is -2.42. The molecule has 2 heterocycles. The van der Waals surface area contributed by atoms with E-state index in [1.807, 2.05) is 42.2 Å². The van der Waals surface area contributed by atoms with Crippen LogP contribution in [-0.2, 0) is 0 Å². The molecule has 1 aliphatic rings. The van der Waals surface area contributed by atoms with Crippen LogP contribution in [0.1, 0.15) is 24.4 Å². The number of rotatable bonds is 3. The summed E-state index contributed by atoms with van der Waals surface area (Å²) in [6, 6.07) is 10.2. The molecule has 1 atom stereocenters. The molecule has 1 N–H and O–H groups in total. The van der Waals surface area contributed by atoms with Gasteiger partial charge in [-0.2, -0.15) is 0 Å². The van der Waals surface area contributed by atoms with Gasteiger partial charge < -0.3 is 14.6 Å². The van der Waals surface area contributed by atoms with Crippen molar-refractivity contribution >= 4 is 12.4 Å². The quantitative estimate of drug-likeness (QED) is 0.939. The average molecular weight is 325 g/mol. The lowest BCUT2D eigenvalue weighted by atomic mass is 9.80. The Hall–Kier alpha value is -1.36. The molecule has 1 aromatic carbocycles. The van der Waals surface area contributed by atoms with E-state index in [9.17, 15) is 9.50 Å². The van der Waals surface area contributed by atoms with Crippen molar-refractivity contribution < 1.29 is 9.50 Å². The largest absolute Gasteiger partial charge is 0.387 e. The number of hydrogen-bond donors (Lipinski definition) is 1. The fourth-order valence-corrected chi connectivity index (χ4v) is 3.22. The highest BCUT2D eigenvalue weighted by molar-refractivity contribution is 5.85. The van der Waals surface area contributed by atoms with Gasteiger partial charge in [0, 0.05) is 31.0 Å². The van der Waals surface area contributed by atoms with Crippen molar-refractivity contribution in [2.24, 2.45) is 0 Å². The first-order chi connectivity index (χ1) is 10.1. The van der Waals surface area contributed by atoms with E-state index in [0.29, 0.717) is 18.4 Å². The highest BCUT2D eigenvalue weighted by atomic mass is 35.5. The minimum atomic E-state index is -0.923. The molecule has 0 aliphatic carbocycles. The van der Waals surface area contributed by atoms with Crippen LogP contribution in [0.15, 0.2) is 48.8 Å². The molecule has 1 aromatic heterocycles. The van der Waals surface area contributed by atoms with Crippen molar-refractivity contribution in [1.29, 1.82) is 0 Å². The van der Waals surface area contributed by atoms with Gasteiger partial charge in [-0.3, -0.25) is 0 Å². The normalized spacial score (nSPS) is 19.4. The molecule has 2 aromatic rings. The van der Waals surface area contributed by atoms with E-state index in [4.69, 9.17) is 0 Å². The standard InChI is InChI=1S/C17H21FN2O.ClH/c1-19-12-8-17(21,9-13-19)16(20-10-4-5-11-20)14-6-2-3-7-15(14)18;/h2-7,10-11,16,21H,8-9,12-13H2,1H3;1H. The van der Waals surface area contributed by atoms with E-state index in [0.717, 1.165) is 13.1 Å². The van der Waals surface area contributed by atoms with Crippen LogP contribution in [0.3, 0.4) is 0 Å². The van der Waals surface area contributed by atoms with Crippen molar-refractivity contribution in [2.45, 2.75) is 24.5 Å². The molecule has 0 bridgehead atoms. The summed E-state index contributed by atoms with van der Waals surface area (Å²) in [5, 5.41) is 11.2. The Morgan fingerprint density at radius 1 is 1.09 bits per heavy atom. The van der Waals surface area contributed by atoms with Crippen molar-refractivity contribution in [3.05, 3.63) is 60.2 Å². The zero-order chi connectivity index (χ0) is 14.9. The number of aliphatic hydroxyl groups is 1. The van der Waals surface area contributed by atoms with Gasteiger partial charge in [-0.15, -0.1) is 12.4 Å². The van der Waals surface area contributed by atoms with Gasteiger partial charge in [0.25, 0.3) is 0 Å². The SMILES string of the molecule is CN1CCC(O)(C(c2ccccc2F)n2cccc2)CC1.Cl. The molecule has 5 heteroatoms. The van der Waals surface area contributed by atoms with Gasteiger partial charge in [0.05, 0.1) is 11.6 Å². The first-order valence-electron chi connectivity index (χ1n) is 7.38. The smallest absolute Gasteiger partial charge is 0.128 e. The van der Waals surface area contributed by atoms with Crippen LogP contribution in [0, 0.1) is 5.82 Å². The lowest BCUT2D eigenvalue weighted by molar-refractivity contribution is -0.0467. The third-order valence-electron chi connectivity index (χ3n) is 4.49. The molecule has 0 saturated carbocycles. The van der Waals surface area contributed by atoms with Crippen LogP contribution >= 0.6 is 12.4 Å². The minimum absolute atomic E-state index is 0. The number of hydrogen-bond acceptors (Lipinski definition) is 2. The summed E-state index contributed by atoms with van der Waals surface area (Å²) in [6.45, 7) is 1.64. The van der Waals surface area contributed by atoms with Crippen LogP contribution in [0.2, 0.25) is 0 Å². The minimum Gasteiger partial charge on any atom is -0.387 e. The van der Waals surface area contributed by atoms with Gasteiger partial charge in [0.15, 0.2) is 0 Å². The summed E-state index contributed by atoms with van der Waals surface area (Å²) in [5.74, 6) is -0.261. The van der Waals surface area contributed by atoms with Gasteiger partial charge in [0.2, 0.25) is 0 Å². The third-order valence-corrected chi connectivity index (χ3v) is 4.49. The van der Waals surface area contributed by atoms with Gasteiger partial charge in [-0.1, -0.05) is 18.2 Å². The maximum absolute atomic E-state index is 14.3. The van der Waals surface area contributed by atoms with Crippen molar-refractivity contribution in [3.8, 4) is 0 Å². The molecule has 3 nitrogen and oxygen atoms in total. The Bertz CT molecular complexity index is 594. The topological polar surface area (TPSA) is 28.4 Å². The molecule has 1 fully saturated rings. The van der Waals surface area contributed by atoms with E-state index in [-0.39, 0.29) is 24.3 Å². The van der Waals surface area contributed by atoms with Crippen LogP contribution < -0.4 is 0 Å². The molecule has 1 aliphatic heterocycles. The second-order valence-corrected chi connectivity index (χ2v) is 5.96. The van der Waals surface area contributed by atoms with Crippen molar-refractivity contribution in [1.82, 2.24) is 9.47 Å². The number of aromatic nitrogens is 1. The molecular weight excluding hydrogens is 303 g/mol. The van der Waals surface area contributed by atoms with E-state index in [2.05, 4.69) is 4.90 Å². The Morgan fingerprint density at radius 2 is 1.68 bits per heavy atom. The van der Waals surface area contributed by atoms with Crippen LogP contribution in [0.25, 0.3) is 0 Å². The second-order valence-electron chi connectivity index (χ2n) is 5.96. The summed E-state index contributed by atoms with van der Waals surface area (Å²) in [6.07, 6.45) is 5.07. The molecular formula is C17H22ClFN2O. The molecule has 0 radical (unpaired) electrons. The van der Waals surface area contributed by atoms with Crippen LogP contribution in [0.5, 0.6) is 0 Å². The molecule has 1 saturated heterocycles. The molecule has 0 amide bonds. The summed E-state index contributed by atoms with van der Waals surface area (Å²) in [7, 11) is 2.05. The fourth-order valence-electron chi connectivity index (χ4n) is 3.22. The zero-order valence-corrected chi connectivity index (χ0v) is 13.5. The van der Waals surface area contributed by atoms with Gasteiger partial charge >= 0.3 is 0 Å². The maximum atomic E-state index is 14.3. The Labute approximate surface area is 136 Å². The number of halogens is 2. The van der Waals surface area contributed by atoms with Crippen LogP contribution in [0.4, 0.5) is 4.39 Å². The average Bonchev–Trinajstić information content (AvgIpc) is 2.99. The molecule has 1 unspecified atom stereocenters. The Kier molecular flexibility index (Phi) is 5.27. The highest BCUT2D eigenvalue weighted by Crippen LogP contribution is 2.38. The van der Waals surface area contributed by atoms with E-state index < -0.39 is 5.60 Å². The summed E-state index contributed by atoms with van der Waals surface area (Å²) in [4.78, 5) is 2.20. The number of piperidine rings is 1. The molecule has 0 spiro atoms. The van der Waals surface area contributed by atoms with E-state index in [1.54, 1.807) is 12.1 Å². The Morgan fingerprint density at radius 3 is 2.27 bits per heavy atom. The highest BCUT2D eigenvalue weighted by Gasteiger charge is 2.41. The first kappa shape index (κ1) is 17.0. The Balaban J connectivity index is 0.00000176. The molecule has 120 valence electrons. The number of nitrogens with zero attached hydrogens (tertiary/aromatic N) is 2. The second kappa shape index (κ2) is 6.82. The first-order valence-corrected chi connectivity index (χ1v) is 7.38. The number of benzene rings is 1. The summed E-state index contributed by atoms with van der Waals surface area (Å²) >= 11 is 0. The summed E-state index contributed by atoms with van der Waals surface area (Å²) < 4.78 is 16.2. The van der Waals surface area contributed by atoms with Gasteiger partial charge in [-0.25, -0.2) is 4.39 Å². The predicted octanol–water partition coefficient (Wildman–Crippen LogP) is 3.10. The van der Waals surface area contributed by atoms with Crippen LogP contribution in [-0.4, -0.2) is 40.3 Å². The summed E-state index contributed by atoms with van der Waals surface area (Å²) in [5.41, 5.74) is -0.367.